The van der Waals surface area contributed by atoms with E-state index >= 15 is 0 Å². The third kappa shape index (κ3) is 4.84. The molecule has 0 aromatic carbocycles. The summed E-state index contributed by atoms with van der Waals surface area (Å²) in [6.45, 7) is 7.53. The first kappa shape index (κ1) is 16.5. The summed E-state index contributed by atoms with van der Waals surface area (Å²) in [5, 5.41) is 0. The fourth-order valence-corrected chi connectivity index (χ4v) is 4.62. The molecule has 0 aromatic heterocycles. The molecule has 0 radical (unpaired) electrons. The van der Waals surface area contributed by atoms with Crippen LogP contribution in [0.1, 0.15) is 51.9 Å². The van der Waals surface area contributed by atoms with Gasteiger partial charge in [0.1, 0.15) is 0 Å². The number of piperidine rings is 2. The van der Waals surface area contributed by atoms with E-state index in [4.69, 9.17) is 9.05 Å². The Kier molecular flexibility index (Phi) is 6.54. The first-order chi connectivity index (χ1) is 9.62. The van der Waals surface area contributed by atoms with E-state index in [1.807, 2.05) is 0 Å². The summed E-state index contributed by atoms with van der Waals surface area (Å²) in [4.78, 5) is 1.76. The van der Waals surface area contributed by atoms with Crippen molar-refractivity contribution >= 4 is 7.60 Å². The van der Waals surface area contributed by atoms with Gasteiger partial charge >= 0.3 is 7.60 Å². The molecular formula is C15H31NO3P+. The number of unbranched alkanes of at least 4 members (excludes halogenated alkanes) is 1. The van der Waals surface area contributed by atoms with E-state index in [2.05, 4.69) is 6.92 Å². The smallest absolute Gasteiger partial charge is 0.327 e. The summed E-state index contributed by atoms with van der Waals surface area (Å²) in [6.07, 6.45) is 8.54. The maximum atomic E-state index is 12.2. The lowest BCUT2D eigenvalue weighted by Crippen LogP contribution is -3.18. The molecule has 0 spiro atoms. The third-order valence-corrected chi connectivity index (χ3v) is 6.05. The van der Waals surface area contributed by atoms with Gasteiger partial charge < -0.3 is 13.9 Å². The highest BCUT2D eigenvalue weighted by Gasteiger charge is 2.37. The van der Waals surface area contributed by atoms with Crippen LogP contribution in [0.15, 0.2) is 0 Å². The molecule has 5 heteroatoms. The average Bonchev–Trinajstić information content (AvgIpc) is 2.45. The van der Waals surface area contributed by atoms with Crippen molar-refractivity contribution in [1.82, 2.24) is 0 Å². The van der Waals surface area contributed by atoms with Crippen molar-refractivity contribution in [2.45, 2.75) is 57.9 Å². The minimum Gasteiger partial charge on any atom is -0.332 e. The van der Waals surface area contributed by atoms with E-state index in [1.54, 1.807) is 11.6 Å². The lowest BCUT2D eigenvalue weighted by atomic mass is 9.84. The van der Waals surface area contributed by atoms with Crippen molar-refractivity contribution in [1.29, 1.82) is 0 Å². The second-order valence-electron chi connectivity index (χ2n) is 6.42. The zero-order chi connectivity index (χ0) is 14.4. The van der Waals surface area contributed by atoms with Crippen LogP contribution in [0, 0.1) is 5.92 Å². The zero-order valence-electron chi connectivity index (χ0n) is 13.1. The maximum absolute atomic E-state index is 12.2. The molecular weight excluding hydrogens is 273 g/mol. The summed E-state index contributed by atoms with van der Waals surface area (Å²) in [5.74, 6) is 0.571. The van der Waals surface area contributed by atoms with Gasteiger partial charge in [0.15, 0.2) is 0 Å². The fourth-order valence-electron chi connectivity index (χ4n) is 3.62. The van der Waals surface area contributed by atoms with Crippen molar-refractivity contribution in [2.75, 3.05) is 33.0 Å². The van der Waals surface area contributed by atoms with Gasteiger partial charge in [0, 0.05) is 12.6 Å². The number of hydrogen-bond donors (Lipinski definition) is 1. The molecule has 0 saturated carbocycles. The summed E-state index contributed by atoms with van der Waals surface area (Å²) in [7, 11) is -2.85. The number of hydrogen-bond acceptors (Lipinski definition) is 3. The van der Waals surface area contributed by atoms with Gasteiger partial charge in [-0.05, 0) is 38.5 Å². The Bertz CT molecular complexity index is 335. The molecule has 0 aliphatic carbocycles. The normalized spacial score (nSPS) is 33.4. The molecule has 2 aliphatic rings. The van der Waals surface area contributed by atoms with E-state index in [0.29, 0.717) is 19.1 Å². The van der Waals surface area contributed by atoms with Gasteiger partial charge in [-0.2, -0.15) is 0 Å². The van der Waals surface area contributed by atoms with Crippen molar-refractivity contribution < 1.29 is 18.5 Å². The van der Waals surface area contributed by atoms with Gasteiger partial charge in [-0.15, -0.1) is 0 Å². The topological polar surface area (TPSA) is 40.0 Å². The quantitative estimate of drug-likeness (QED) is 0.580. The molecule has 2 fully saturated rings. The predicted molar refractivity (Wildman–Crippen MR) is 81.4 cm³/mol. The van der Waals surface area contributed by atoms with Gasteiger partial charge in [-0.25, -0.2) is 0 Å². The second kappa shape index (κ2) is 7.93. The van der Waals surface area contributed by atoms with Crippen LogP contribution < -0.4 is 4.90 Å². The van der Waals surface area contributed by atoms with Gasteiger partial charge in [0.25, 0.3) is 0 Å². The number of nitrogens with one attached hydrogen (secondary N) is 1. The number of rotatable bonds is 7. The van der Waals surface area contributed by atoms with Crippen LogP contribution in [0.2, 0.25) is 0 Å². The van der Waals surface area contributed by atoms with Gasteiger partial charge in [-0.1, -0.05) is 13.3 Å². The van der Waals surface area contributed by atoms with E-state index < -0.39 is 7.60 Å². The molecule has 2 saturated heterocycles. The average molecular weight is 304 g/mol. The van der Waals surface area contributed by atoms with Crippen molar-refractivity contribution in [3.63, 3.8) is 0 Å². The molecule has 0 amide bonds. The molecule has 1 unspecified atom stereocenters. The van der Waals surface area contributed by atoms with Gasteiger partial charge in [0.2, 0.25) is 0 Å². The third-order valence-electron chi connectivity index (χ3n) is 4.78. The summed E-state index contributed by atoms with van der Waals surface area (Å²) < 4.78 is 23.3. The lowest BCUT2D eigenvalue weighted by Gasteiger charge is -2.41. The molecule has 118 valence electrons. The Hall–Kier alpha value is 0.110. The highest BCUT2D eigenvalue weighted by molar-refractivity contribution is 7.52. The summed E-state index contributed by atoms with van der Waals surface area (Å²) in [5.41, 5.74) is 0. The molecule has 2 aliphatic heterocycles. The van der Waals surface area contributed by atoms with Gasteiger partial charge in [-0.3, -0.25) is 4.57 Å². The van der Waals surface area contributed by atoms with Crippen LogP contribution in [0.25, 0.3) is 0 Å². The van der Waals surface area contributed by atoms with E-state index in [0.717, 1.165) is 18.9 Å². The fraction of sp³-hybridized carbons (Fsp3) is 1.00. The van der Waals surface area contributed by atoms with Gasteiger partial charge in [0.05, 0.1) is 32.3 Å². The van der Waals surface area contributed by atoms with E-state index in [-0.39, 0.29) is 0 Å². The Balaban J connectivity index is 1.78. The first-order valence-corrected chi connectivity index (χ1v) is 10.3. The predicted octanol–water partition coefficient (Wildman–Crippen LogP) is 2.49. The molecule has 0 aromatic rings. The van der Waals surface area contributed by atoms with E-state index in [9.17, 15) is 4.57 Å². The van der Waals surface area contributed by atoms with Crippen LogP contribution in [-0.2, 0) is 13.6 Å². The lowest BCUT2D eigenvalue weighted by molar-refractivity contribution is -0.940. The van der Waals surface area contributed by atoms with E-state index in [1.165, 1.54) is 45.2 Å². The summed E-state index contributed by atoms with van der Waals surface area (Å²) in [6, 6.07) is 0.730. The molecule has 4 atom stereocenters. The molecule has 4 nitrogen and oxygen atoms in total. The Morgan fingerprint density at radius 1 is 1.15 bits per heavy atom. The molecule has 20 heavy (non-hydrogen) atoms. The molecule has 2 rings (SSSR count). The minimum absolute atomic E-state index is 0.551. The van der Waals surface area contributed by atoms with Crippen LogP contribution in [0.3, 0.4) is 0 Å². The molecule has 1 N–H and O–H groups in total. The van der Waals surface area contributed by atoms with Crippen LogP contribution in [0.4, 0.5) is 0 Å². The summed E-state index contributed by atoms with van der Waals surface area (Å²) >= 11 is 0. The Labute approximate surface area is 123 Å². The van der Waals surface area contributed by atoms with Crippen molar-refractivity contribution in [3.05, 3.63) is 0 Å². The second-order valence-corrected chi connectivity index (χ2v) is 8.48. The number of quaternary nitrogens is 1. The van der Waals surface area contributed by atoms with Crippen LogP contribution in [0.5, 0.6) is 0 Å². The maximum Gasteiger partial charge on any atom is 0.327 e. The Morgan fingerprint density at radius 2 is 1.95 bits per heavy atom. The largest absolute Gasteiger partial charge is 0.332 e. The monoisotopic (exact) mass is 304 g/mol. The Morgan fingerprint density at radius 3 is 2.75 bits per heavy atom. The number of fused-ring (bicyclic) bond motifs is 1. The van der Waals surface area contributed by atoms with Crippen LogP contribution >= 0.6 is 7.60 Å². The minimum atomic E-state index is -2.85. The highest BCUT2D eigenvalue weighted by atomic mass is 31.2. The zero-order valence-corrected chi connectivity index (χ0v) is 14.0. The van der Waals surface area contributed by atoms with Crippen molar-refractivity contribution in [2.24, 2.45) is 5.92 Å². The van der Waals surface area contributed by atoms with Crippen molar-refractivity contribution in [3.8, 4) is 0 Å². The highest BCUT2D eigenvalue weighted by Crippen LogP contribution is 2.44. The first-order valence-electron chi connectivity index (χ1n) is 8.33. The SMILES string of the molecule is CCCCO[P@](C)(=O)OC[C@H]1CCC[NH+]2CCCC[C@H]12. The molecule has 2 heterocycles. The molecule has 0 bridgehead atoms. The van der Waals surface area contributed by atoms with Crippen LogP contribution in [-0.4, -0.2) is 39.0 Å². The standard InChI is InChI=1S/C15H30NO3P/c1-3-4-12-18-20(2,17)19-13-14-8-7-11-16-10-6-5-9-15(14)16/h14-15H,3-13H2,1-2H3/p+1/t14-,15-,20+/m1/s1.